The molecular formula is C54H58O11. The summed E-state index contributed by atoms with van der Waals surface area (Å²) in [4.78, 5) is 0. The van der Waals surface area contributed by atoms with E-state index in [0.29, 0.717) is 6.61 Å². The highest BCUT2D eigenvalue weighted by atomic mass is 16.7. The molecule has 2 heterocycles. The van der Waals surface area contributed by atoms with Crippen LogP contribution in [0.15, 0.2) is 182 Å². The van der Waals surface area contributed by atoms with Gasteiger partial charge >= 0.3 is 0 Å². The Morgan fingerprint density at radius 2 is 0.677 bits per heavy atom. The molecule has 340 valence electrons. The normalized spacial score (nSPS) is 25.6. The van der Waals surface area contributed by atoms with Gasteiger partial charge < -0.3 is 52.8 Å². The lowest BCUT2D eigenvalue weighted by molar-refractivity contribution is -0.371. The van der Waals surface area contributed by atoms with Crippen LogP contribution in [0.1, 0.15) is 33.4 Å². The van der Waals surface area contributed by atoms with Crippen molar-refractivity contribution in [2.75, 3.05) is 13.2 Å². The van der Waals surface area contributed by atoms with Gasteiger partial charge in [-0.15, -0.1) is 0 Å². The maximum atomic E-state index is 12.2. The monoisotopic (exact) mass is 882 g/mol. The molecule has 10 atom stereocenters. The topological polar surface area (TPSA) is 124 Å². The zero-order valence-corrected chi connectivity index (χ0v) is 36.3. The van der Waals surface area contributed by atoms with E-state index in [4.69, 9.17) is 42.6 Å². The maximum Gasteiger partial charge on any atom is 0.187 e. The van der Waals surface area contributed by atoms with Gasteiger partial charge in [-0.1, -0.05) is 182 Å². The largest absolute Gasteiger partial charge is 0.387 e. The minimum Gasteiger partial charge on any atom is -0.387 e. The van der Waals surface area contributed by atoms with E-state index < -0.39 is 61.4 Å². The second kappa shape index (κ2) is 24.4. The van der Waals surface area contributed by atoms with E-state index in [1.165, 1.54) is 0 Å². The summed E-state index contributed by atoms with van der Waals surface area (Å²) in [6, 6.07) is 58.6. The molecule has 0 saturated carbocycles. The average molecular weight is 883 g/mol. The summed E-state index contributed by atoms with van der Waals surface area (Å²) in [5, 5.41) is 24.0. The van der Waals surface area contributed by atoms with Gasteiger partial charge in [-0.2, -0.15) is 0 Å². The van der Waals surface area contributed by atoms with Crippen molar-refractivity contribution in [1.29, 1.82) is 0 Å². The van der Waals surface area contributed by atoms with Gasteiger partial charge in [-0.25, -0.2) is 0 Å². The predicted octanol–water partition coefficient (Wildman–Crippen LogP) is 7.95. The van der Waals surface area contributed by atoms with E-state index in [2.05, 4.69) is 0 Å². The molecule has 0 bridgehead atoms. The summed E-state index contributed by atoms with van der Waals surface area (Å²) in [7, 11) is 0. The molecule has 6 aromatic carbocycles. The van der Waals surface area contributed by atoms with Crippen molar-refractivity contribution in [2.24, 2.45) is 0 Å². The first-order chi connectivity index (χ1) is 32.1. The number of aliphatic hydroxyl groups excluding tert-OH is 2. The molecule has 11 heteroatoms. The second-order valence-electron chi connectivity index (χ2n) is 16.2. The highest BCUT2D eigenvalue weighted by Crippen LogP contribution is 2.35. The molecule has 2 aliphatic rings. The van der Waals surface area contributed by atoms with Gasteiger partial charge in [0, 0.05) is 0 Å². The molecule has 0 amide bonds. The molecule has 2 aliphatic heterocycles. The molecule has 6 aromatic rings. The molecule has 65 heavy (non-hydrogen) atoms. The van der Waals surface area contributed by atoms with Gasteiger partial charge in [0.1, 0.15) is 48.8 Å². The van der Waals surface area contributed by atoms with E-state index in [-0.39, 0.29) is 46.2 Å². The van der Waals surface area contributed by atoms with Gasteiger partial charge in [-0.3, -0.25) is 0 Å². The predicted molar refractivity (Wildman–Crippen MR) is 243 cm³/mol. The Labute approximate surface area is 381 Å². The zero-order valence-electron chi connectivity index (χ0n) is 36.3. The number of benzene rings is 6. The molecule has 2 saturated heterocycles. The van der Waals surface area contributed by atoms with Crippen LogP contribution in [0, 0.1) is 0 Å². The lowest BCUT2D eigenvalue weighted by atomic mass is 9.96. The number of aliphatic hydroxyl groups is 2. The van der Waals surface area contributed by atoms with Crippen LogP contribution in [-0.2, 0) is 82.3 Å². The standard InChI is InChI=1S/C54H58O11/c55-47-45(37-57-31-39-19-7-1-8-20-39)64-54(52(62-36-44-29-17-6-18-30-44)49(47)59-33-41-23-11-3-12-24-41)65-48-46(38-58-32-40-21-9-2-10-22-40)63-53(56)51(61-35-43-27-15-5-16-28-43)50(48)60-34-42-25-13-4-14-26-42/h1-30,45-56H,31-38H2/t45-,46-,47-,48-,49+,50+,51-,52-,53+,54-/m1/s1. The summed E-state index contributed by atoms with van der Waals surface area (Å²) in [6.07, 6.45) is -10.4. The summed E-state index contributed by atoms with van der Waals surface area (Å²) >= 11 is 0. The minimum absolute atomic E-state index is 0.0206. The van der Waals surface area contributed by atoms with Crippen LogP contribution in [0.25, 0.3) is 0 Å². The van der Waals surface area contributed by atoms with Crippen molar-refractivity contribution in [3.63, 3.8) is 0 Å². The fourth-order valence-electron chi connectivity index (χ4n) is 8.02. The first-order valence-electron chi connectivity index (χ1n) is 22.3. The highest BCUT2D eigenvalue weighted by molar-refractivity contribution is 5.18. The Bertz CT molecular complexity index is 2210. The van der Waals surface area contributed by atoms with E-state index in [0.717, 1.165) is 33.4 Å². The summed E-state index contributed by atoms with van der Waals surface area (Å²) in [5.41, 5.74) is 5.59. The molecule has 0 aliphatic carbocycles. The van der Waals surface area contributed by atoms with Crippen LogP contribution in [0.2, 0.25) is 0 Å². The average Bonchev–Trinajstić information content (AvgIpc) is 3.35. The smallest absolute Gasteiger partial charge is 0.187 e. The molecule has 0 radical (unpaired) electrons. The Balaban J connectivity index is 1.14. The van der Waals surface area contributed by atoms with Crippen molar-refractivity contribution in [3.8, 4) is 0 Å². The number of hydrogen-bond acceptors (Lipinski definition) is 11. The lowest BCUT2D eigenvalue weighted by Crippen LogP contribution is -2.66. The van der Waals surface area contributed by atoms with E-state index in [1.807, 2.05) is 182 Å². The van der Waals surface area contributed by atoms with Crippen LogP contribution in [-0.4, -0.2) is 84.8 Å². The molecule has 0 spiro atoms. The quantitative estimate of drug-likeness (QED) is 0.0691. The first-order valence-corrected chi connectivity index (χ1v) is 22.3. The van der Waals surface area contributed by atoms with Crippen molar-refractivity contribution in [2.45, 2.75) is 101 Å². The van der Waals surface area contributed by atoms with E-state index in [1.54, 1.807) is 0 Å². The Kier molecular flexibility index (Phi) is 17.4. The summed E-state index contributed by atoms with van der Waals surface area (Å²) in [5.74, 6) is 0. The first kappa shape index (κ1) is 46.4. The van der Waals surface area contributed by atoms with E-state index >= 15 is 0 Å². The van der Waals surface area contributed by atoms with Crippen molar-refractivity contribution >= 4 is 0 Å². The van der Waals surface area contributed by atoms with Crippen LogP contribution in [0.5, 0.6) is 0 Å². The molecule has 11 nitrogen and oxygen atoms in total. The summed E-state index contributed by atoms with van der Waals surface area (Å²) in [6.45, 7) is 1.34. The molecule has 0 aromatic heterocycles. The highest BCUT2D eigenvalue weighted by Gasteiger charge is 2.53. The third-order valence-corrected chi connectivity index (χ3v) is 11.4. The molecule has 8 rings (SSSR count). The number of rotatable bonds is 22. The van der Waals surface area contributed by atoms with Crippen molar-refractivity contribution < 1.29 is 52.8 Å². The zero-order chi connectivity index (χ0) is 44.5. The van der Waals surface area contributed by atoms with Crippen molar-refractivity contribution in [1.82, 2.24) is 0 Å². The molecule has 0 unspecified atom stereocenters. The van der Waals surface area contributed by atoms with Gasteiger partial charge in [-0.05, 0) is 33.4 Å². The minimum atomic E-state index is -1.41. The number of ether oxygens (including phenoxy) is 9. The van der Waals surface area contributed by atoms with Crippen molar-refractivity contribution in [3.05, 3.63) is 215 Å². The lowest BCUT2D eigenvalue weighted by Gasteiger charge is -2.49. The fourth-order valence-corrected chi connectivity index (χ4v) is 8.02. The third-order valence-electron chi connectivity index (χ3n) is 11.4. The second-order valence-corrected chi connectivity index (χ2v) is 16.2. The molecule has 2 fully saturated rings. The molecular weight excluding hydrogens is 825 g/mol. The maximum absolute atomic E-state index is 12.2. The Hall–Kier alpha value is -5.12. The Morgan fingerprint density at radius 3 is 1.09 bits per heavy atom. The van der Waals surface area contributed by atoms with Crippen LogP contribution in [0.4, 0.5) is 0 Å². The SMILES string of the molecule is O[C@H]1[C@H](OCc2ccccc2)[C@@H](OCc2ccccc2)[C@@H](O[C@H]2[C@H](OCc3ccccc3)[C@@H](OCc3ccccc3)[C@@H](O)O[C@@H]2COCc2ccccc2)O[C@@H]1COCc1ccccc1. The van der Waals surface area contributed by atoms with E-state index in [9.17, 15) is 10.2 Å². The van der Waals surface area contributed by atoms with Gasteiger partial charge in [0.25, 0.3) is 0 Å². The van der Waals surface area contributed by atoms with Gasteiger partial charge in [0.05, 0.1) is 52.9 Å². The fraction of sp³-hybridized carbons (Fsp3) is 0.333. The summed E-state index contributed by atoms with van der Waals surface area (Å²) < 4.78 is 59.6. The van der Waals surface area contributed by atoms with Crippen LogP contribution >= 0.6 is 0 Å². The van der Waals surface area contributed by atoms with Gasteiger partial charge in [0.2, 0.25) is 0 Å². The van der Waals surface area contributed by atoms with Crippen LogP contribution < -0.4 is 0 Å². The van der Waals surface area contributed by atoms with Crippen LogP contribution in [0.3, 0.4) is 0 Å². The Morgan fingerprint density at radius 1 is 0.338 bits per heavy atom. The third kappa shape index (κ3) is 13.5. The number of hydrogen-bond donors (Lipinski definition) is 2. The van der Waals surface area contributed by atoms with Gasteiger partial charge in [0.15, 0.2) is 12.6 Å². The molecule has 2 N–H and O–H groups in total.